The normalized spacial score (nSPS) is 10.5. The summed E-state index contributed by atoms with van der Waals surface area (Å²) in [5.41, 5.74) is 0.593. The molecule has 1 heterocycles. The number of halogens is 2. The topological polar surface area (TPSA) is 39.2 Å². The fraction of sp³-hybridized carbons (Fsp3) is 0.167. The van der Waals surface area contributed by atoms with E-state index in [1.54, 1.807) is 6.92 Å². The predicted molar refractivity (Wildman–Crippen MR) is 62.7 cm³/mol. The van der Waals surface area contributed by atoms with E-state index in [1.807, 2.05) is 0 Å². The van der Waals surface area contributed by atoms with E-state index in [9.17, 15) is 9.18 Å². The second kappa shape index (κ2) is 4.67. The number of rotatable bonds is 2. The zero-order valence-corrected chi connectivity index (χ0v) is 9.79. The summed E-state index contributed by atoms with van der Waals surface area (Å²) in [4.78, 5) is 15.5. The third kappa shape index (κ3) is 2.22. The van der Waals surface area contributed by atoms with Gasteiger partial charge in [0.25, 0.3) is 0 Å². The molecule has 3 nitrogen and oxygen atoms in total. The van der Waals surface area contributed by atoms with Gasteiger partial charge < -0.3 is 4.74 Å². The van der Waals surface area contributed by atoms with Crippen molar-refractivity contribution in [3.8, 4) is 0 Å². The van der Waals surface area contributed by atoms with Gasteiger partial charge >= 0.3 is 5.97 Å². The van der Waals surface area contributed by atoms with Crippen LogP contribution in [0.1, 0.15) is 17.3 Å². The van der Waals surface area contributed by atoms with Gasteiger partial charge in [-0.15, -0.1) is 0 Å². The molecule has 0 N–H and O–H groups in total. The highest BCUT2D eigenvalue weighted by Crippen LogP contribution is 2.26. The van der Waals surface area contributed by atoms with E-state index in [0.29, 0.717) is 10.9 Å². The second-order valence-corrected chi connectivity index (χ2v) is 3.75. The molecule has 2 rings (SSSR count). The Morgan fingerprint density at radius 2 is 2.29 bits per heavy atom. The predicted octanol–water partition coefficient (Wildman–Crippen LogP) is 3.20. The van der Waals surface area contributed by atoms with Crippen LogP contribution in [0.2, 0.25) is 5.02 Å². The lowest BCUT2D eigenvalue weighted by molar-refractivity contribution is 0.0526. The monoisotopic (exact) mass is 253 g/mol. The van der Waals surface area contributed by atoms with Gasteiger partial charge in [-0.05, 0) is 19.1 Å². The SMILES string of the molecule is CCOC(=O)c1cnc2cc(F)ccc2c1Cl. The fourth-order valence-electron chi connectivity index (χ4n) is 1.48. The molecule has 0 saturated heterocycles. The number of esters is 1. The van der Waals surface area contributed by atoms with E-state index in [1.165, 1.54) is 24.4 Å². The van der Waals surface area contributed by atoms with Gasteiger partial charge in [0.05, 0.1) is 22.7 Å². The number of carbonyl (C=O) groups is 1. The maximum Gasteiger partial charge on any atom is 0.341 e. The molecule has 0 aliphatic carbocycles. The lowest BCUT2D eigenvalue weighted by atomic mass is 10.1. The quantitative estimate of drug-likeness (QED) is 0.772. The first-order valence-corrected chi connectivity index (χ1v) is 5.42. The second-order valence-electron chi connectivity index (χ2n) is 3.37. The molecule has 1 aromatic carbocycles. The number of aromatic nitrogens is 1. The lowest BCUT2D eigenvalue weighted by Gasteiger charge is -2.06. The number of carbonyl (C=O) groups excluding carboxylic acids is 1. The zero-order chi connectivity index (χ0) is 12.4. The number of pyridine rings is 1. The molecule has 88 valence electrons. The van der Waals surface area contributed by atoms with Crippen molar-refractivity contribution in [1.29, 1.82) is 0 Å². The Balaban J connectivity index is 2.58. The van der Waals surface area contributed by atoms with Crippen LogP contribution in [0.5, 0.6) is 0 Å². The maximum atomic E-state index is 13.0. The molecule has 1 aromatic heterocycles. The van der Waals surface area contributed by atoms with Gasteiger partial charge in [0, 0.05) is 17.6 Å². The van der Waals surface area contributed by atoms with Crippen LogP contribution in [-0.2, 0) is 4.74 Å². The first kappa shape index (κ1) is 11.8. The van der Waals surface area contributed by atoms with Gasteiger partial charge in [0.2, 0.25) is 0 Å². The summed E-state index contributed by atoms with van der Waals surface area (Å²) < 4.78 is 17.8. The van der Waals surface area contributed by atoms with E-state index in [-0.39, 0.29) is 17.2 Å². The Labute approximate surface area is 102 Å². The highest BCUT2D eigenvalue weighted by Gasteiger charge is 2.15. The van der Waals surface area contributed by atoms with Crippen molar-refractivity contribution in [2.75, 3.05) is 6.61 Å². The standard InChI is InChI=1S/C12H9ClFNO2/c1-2-17-12(16)9-6-15-10-5-7(14)3-4-8(10)11(9)13/h3-6H,2H2,1H3. The van der Waals surface area contributed by atoms with Crippen molar-refractivity contribution < 1.29 is 13.9 Å². The summed E-state index contributed by atoms with van der Waals surface area (Å²) in [5, 5.41) is 0.757. The van der Waals surface area contributed by atoms with E-state index in [4.69, 9.17) is 16.3 Å². The highest BCUT2D eigenvalue weighted by atomic mass is 35.5. The molecule has 0 atom stereocenters. The van der Waals surface area contributed by atoms with Crippen LogP contribution in [0.25, 0.3) is 10.9 Å². The third-order valence-corrected chi connectivity index (χ3v) is 2.67. The number of benzene rings is 1. The summed E-state index contributed by atoms with van der Waals surface area (Å²) >= 11 is 6.06. The molecule has 0 fully saturated rings. The maximum absolute atomic E-state index is 13.0. The first-order chi connectivity index (χ1) is 8.13. The number of fused-ring (bicyclic) bond motifs is 1. The molecular formula is C12H9ClFNO2. The Morgan fingerprint density at radius 1 is 1.53 bits per heavy atom. The van der Waals surface area contributed by atoms with E-state index >= 15 is 0 Å². The van der Waals surface area contributed by atoms with Crippen LogP contribution in [0, 0.1) is 5.82 Å². The van der Waals surface area contributed by atoms with Crippen LogP contribution >= 0.6 is 11.6 Å². The van der Waals surface area contributed by atoms with E-state index < -0.39 is 11.8 Å². The number of nitrogens with zero attached hydrogens (tertiary/aromatic N) is 1. The summed E-state index contributed by atoms with van der Waals surface area (Å²) in [6, 6.07) is 4.02. The molecule has 0 spiro atoms. The molecule has 0 aliphatic rings. The Hall–Kier alpha value is -1.68. The molecule has 0 bridgehead atoms. The summed E-state index contributed by atoms with van der Waals surface area (Å²) in [6.07, 6.45) is 1.29. The molecule has 2 aromatic rings. The molecule has 0 radical (unpaired) electrons. The summed E-state index contributed by atoms with van der Waals surface area (Å²) in [6.45, 7) is 1.96. The average Bonchev–Trinajstić information content (AvgIpc) is 2.29. The number of hydrogen-bond acceptors (Lipinski definition) is 3. The van der Waals surface area contributed by atoms with Gasteiger partial charge in [-0.1, -0.05) is 11.6 Å². The van der Waals surface area contributed by atoms with Crippen LogP contribution in [0.4, 0.5) is 4.39 Å². The molecule has 0 amide bonds. The van der Waals surface area contributed by atoms with Crippen molar-refractivity contribution in [2.45, 2.75) is 6.92 Å². The van der Waals surface area contributed by atoms with E-state index in [2.05, 4.69) is 4.98 Å². The van der Waals surface area contributed by atoms with Crippen LogP contribution in [0.15, 0.2) is 24.4 Å². The minimum absolute atomic E-state index is 0.188. The molecule has 5 heteroatoms. The van der Waals surface area contributed by atoms with Crippen molar-refractivity contribution in [3.05, 3.63) is 40.8 Å². The van der Waals surface area contributed by atoms with Crippen LogP contribution in [-0.4, -0.2) is 17.6 Å². The first-order valence-electron chi connectivity index (χ1n) is 5.04. The van der Waals surface area contributed by atoms with Gasteiger partial charge in [0.1, 0.15) is 5.82 Å². The highest BCUT2D eigenvalue weighted by molar-refractivity contribution is 6.38. The molecule has 17 heavy (non-hydrogen) atoms. The largest absolute Gasteiger partial charge is 0.462 e. The lowest BCUT2D eigenvalue weighted by Crippen LogP contribution is -2.06. The molecule has 0 aliphatic heterocycles. The van der Waals surface area contributed by atoms with Gasteiger partial charge in [-0.3, -0.25) is 4.98 Å². The van der Waals surface area contributed by atoms with Crippen LogP contribution < -0.4 is 0 Å². The minimum atomic E-state index is -0.531. The van der Waals surface area contributed by atoms with Crippen molar-refractivity contribution in [1.82, 2.24) is 4.98 Å². The third-order valence-electron chi connectivity index (χ3n) is 2.26. The minimum Gasteiger partial charge on any atom is -0.462 e. The Bertz CT molecular complexity index is 586. The Morgan fingerprint density at radius 3 is 3.00 bits per heavy atom. The van der Waals surface area contributed by atoms with Crippen molar-refractivity contribution >= 4 is 28.5 Å². The molecule has 0 saturated carbocycles. The van der Waals surface area contributed by atoms with E-state index in [0.717, 1.165) is 0 Å². The molecular weight excluding hydrogens is 245 g/mol. The zero-order valence-electron chi connectivity index (χ0n) is 9.04. The number of hydrogen-bond donors (Lipinski definition) is 0. The average molecular weight is 254 g/mol. The van der Waals surface area contributed by atoms with Crippen LogP contribution in [0.3, 0.4) is 0 Å². The Kier molecular flexibility index (Phi) is 3.24. The van der Waals surface area contributed by atoms with Gasteiger partial charge in [0.15, 0.2) is 0 Å². The summed E-state index contributed by atoms with van der Waals surface area (Å²) in [7, 11) is 0. The molecule has 0 unspecified atom stereocenters. The van der Waals surface area contributed by atoms with Crippen molar-refractivity contribution in [2.24, 2.45) is 0 Å². The van der Waals surface area contributed by atoms with Crippen molar-refractivity contribution in [3.63, 3.8) is 0 Å². The van der Waals surface area contributed by atoms with Gasteiger partial charge in [-0.2, -0.15) is 0 Å². The number of ether oxygens (including phenoxy) is 1. The summed E-state index contributed by atoms with van der Waals surface area (Å²) in [5.74, 6) is -0.929. The fourth-order valence-corrected chi connectivity index (χ4v) is 1.77. The van der Waals surface area contributed by atoms with Gasteiger partial charge in [-0.25, -0.2) is 9.18 Å². The smallest absolute Gasteiger partial charge is 0.341 e.